The van der Waals surface area contributed by atoms with Crippen LogP contribution in [-0.2, 0) is 10.0 Å². The van der Waals surface area contributed by atoms with Crippen LogP contribution in [0.25, 0.3) is 0 Å². The summed E-state index contributed by atoms with van der Waals surface area (Å²) in [4.78, 5) is 22.1. The summed E-state index contributed by atoms with van der Waals surface area (Å²) in [7, 11) is -3.45. The van der Waals surface area contributed by atoms with Crippen LogP contribution >= 0.6 is 0 Å². The van der Waals surface area contributed by atoms with Gasteiger partial charge in [-0.2, -0.15) is 0 Å². The number of benzene rings is 2. The topological polar surface area (TPSA) is 116 Å². The molecule has 0 aromatic heterocycles. The molecule has 0 saturated heterocycles. The van der Waals surface area contributed by atoms with Gasteiger partial charge < -0.3 is 4.74 Å². The Balaban J connectivity index is 2.13. The zero-order chi connectivity index (χ0) is 17.7. The molecule has 0 bridgehead atoms. The molecule has 0 aliphatic heterocycles. The highest BCUT2D eigenvalue weighted by atomic mass is 32.2. The summed E-state index contributed by atoms with van der Waals surface area (Å²) in [6.07, 6.45) is 0. The number of anilines is 1. The highest BCUT2D eigenvalue weighted by Crippen LogP contribution is 2.19. The SMILES string of the molecule is CCS(=O)(=O)Nc1cccc(C(=O)Oc2ccc([N+](=O)[O-])cc2)c1. The number of rotatable bonds is 6. The Bertz CT molecular complexity index is 862. The Morgan fingerprint density at radius 1 is 1.21 bits per heavy atom. The number of esters is 1. The molecule has 0 fully saturated rings. The highest BCUT2D eigenvalue weighted by molar-refractivity contribution is 7.92. The number of carbonyl (C=O) groups excluding carboxylic acids is 1. The fourth-order valence-corrected chi connectivity index (χ4v) is 2.39. The average Bonchev–Trinajstić information content (AvgIpc) is 2.55. The van der Waals surface area contributed by atoms with Gasteiger partial charge in [0.2, 0.25) is 10.0 Å². The summed E-state index contributed by atoms with van der Waals surface area (Å²) in [5, 5.41) is 10.6. The molecule has 2 aromatic rings. The van der Waals surface area contributed by atoms with E-state index in [1.54, 1.807) is 0 Å². The first kappa shape index (κ1) is 17.4. The van der Waals surface area contributed by atoms with E-state index in [0.29, 0.717) is 0 Å². The number of carbonyl (C=O) groups is 1. The number of hydrogen-bond donors (Lipinski definition) is 1. The van der Waals surface area contributed by atoms with Gasteiger partial charge in [-0.25, -0.2) is 13.2 Å². The molecule has 0 aliphatic rings. The lowest BCUT2D eigenvalue weighted by molar-refractivity contribution is -0.384. The smallest absolute Gasteiger partial charge is 0.343 e. The van der Waals surface area contributed by atoms with Crippen LogP contribution in [0.1, 0.15) is 17.3 Å². The lowest BCUT2D eigenvalue weighted by Gasteiger charge is -2.08. The van der Waals surface area contributed by atoms with Crippen LogP contribution < -0.4 is 9.46 Å². The molecule has 2 rings (SSSR count). The summed E-state index contributed by atoms with van der Waals surface area (Å²) in [5.74, 6) is -0.656. The zero-order valence-electron chi connectivity index (χ0n) is 12.6. The van der Waals surface area contributed by atoms with Crippen molar-refractivity contribution in [3.05, 3.63) is 64.2 Å². The maximum atomic E-state index is 12.1. The fraction of sp³-hybridized carbons (Fsp3) is 0.133. The number of nitrogens with zero attached hydrogens (tertiary/aromatic N) is 1. The van der Waals surface area contributed by atoms with Gasteiger partial charge in [-0.3, -0.25) is 14.8 Å². The van der Waals surface area contributed by atoms with Gasteiger partial charge in [-0.15, -0.1) is 0 Å². The predicted molar refractivity (Wildman–Crippen MR) is 87.6 cm³/mol. The molecule has 0 aliphatic carbocycles. The van der Waals surface area contributed by atoms with Crippen molar-refractivity contribution in [2.45, 2.75) is 6.92 Å². The van der Waals surface area contributed by atoms with Gasteiger partial charge in [0, 0.05) is 17.8 Å². The van der Waals surface area contributed by atoms with Crippen LogP contribution in [0.3, 0.4) is 0 Å². The normalized spacial score (nSPS) is 10.9. The largest absolute Gasteiger partial charge is 0.423 e. The van der Waals surface area contributed by atoms with Crippen molar-refractivity contribution in [3.63, 3.8) is 0 Å². The van der Waals surface area contributed by atoms with E-state index >= 15 is 0 Å². The van der Waals surface area contributed by atoms with Gasteiger partial charge in [-0.05, 0) is 37.3 Å². The van der Waals surface area contributed by atoms with Crippen LogP contribution in [0.15, 0.2) is 48.5 Å². The molecular weight excluding hydrogens is 336 g/mol. The molecule has 0 radical (unpaired) electrons. The molecule has 24 heavy (non-hydrogen) atoms. The van der Waals surface area contributed by atoms with E-state index in [9.17, 15) is 23.3 Å². The predicted octanol–water partition coefficient (Wildman–Crippen LogP) is 2.58. The standard InChI is InChI=1S/C15H14N2O6S/c1-2-24(21,22)16-12-5-3-4-11(10-12)15(18)23-14-8-6-13(7-9-14)17(19)20/h3-10,16H,2H2,1H3. The second kappa shape index (κ2) is 7.09. The number of non-ortho nitro benzene ring substituents is 1. The number of nitrogens with one attached hydrogen (secondary N) is 1. The molecule has 9 heteroatoms. The number of sulfonamides is 1. The van der Waals surface area contributed by atoms with Crippen molar-refractivity contribution in [2.75, 3.05) is 10.5 Å². The van der Waals surface area contributed by atoms with Crippen LogP contribution in [0.4, 0.5) is 11.4 Å². The Kier molecular flexibility index (Phi) is 5.14. The first-order valence-corrected chi connectivity index (χ1v) is 8.53. The monoisotopic (exact) mass is 350 g/mol. The molecule has 0 unspecified atom stereocenters. The van der Waals surface area contributed by atoms with E-state index in [2.05, 4.69) is 4.72 Å². The third-order valence-corrected chi connectivity index (χ3v) is 4.32. The molecule has 126 valence electrons. The molecule has 8 nitrogen and oxygen atoms in total. The van der Waals surface area contributed by atoms with Gasteiger partial charge in [0.1, 0.15) is 5.75 Å². The Morgan fingerprint density at radius 3 is 2.46 bits per heavy atom. The minimum atomic E-state index is -3.45. The fourth-order valence-electron chi connectivity index (χ4n) is 1.76. The van der Waals surface area contributed by atoms with E-state index in [1.165, 1.54) is 55.5 Å². The van der Waals surface area contributed by atoms with Crippen molar-refractivity contribution in [2.24, 2.45) is 0 Å². The van der Waals surface area contributed by atoms with Crippen LogP contribution in [0, 0.1) is 10.1 Å². The van der Waals surface area contributed by atoms with E-state index in [0.717, 1.165) is 0 Å². The van der Waals surface area contributed by atoms with Crippen molar-refractivity contribution < 1.29 is 22.9 Å². The minimum absolute atomic E-state index is 0.0928. The highest BCUT2D eigenvalue weighted by Gasteiger charge is 2.13. The van der Waals surface area contributed by atoms with Crippen molar-refractivity contribution >= 4 is 27.4 Å². The molecule has 1 N–H and O–H groups in total. The number of nitro groups is 1. The van der Waals surface area contributed by atoms with E-state index in [-0.39, 0.29) is 28.4 Å². The number of hydrogen-bond acceptors (Lipinski definition) is 6. The Labute approximate surface area is 138 Å². The summed E-state index contributed by atoms with van der Waals surface area (Å²) in [6, 6.07) is 10.9. The van der Waals surface area contributed by atoms with Crippen LogP contribution in [0.2, 0.25) is 0 Å². The van der Waals surface area contributed by atoms with Crippen molar-refractivity contribution in [1.29, 1.82) is 0 Å². The molecule has 0 amide bonds. The van der Waals surface area contributed by atoms with Gasteiger partial charge in [0.15, 0.2) is 0 Å². The molecule has 0 saturated carbocycles. The van der Waals surface area contributed by atoms with E-state index in [1.807, 2.05) is 0 Å². The quantitative estimate of drug-likeness (QED) is 0.370. The maximum absolute atomic E-state index is 12.1. The minimum Gasteiger partial charge on any atom is -0.423 e. The van der Waals surface area contributed by atoms with Crippen LogP contribution in [-0.4, -0.2) is 25.1 Å². The molecule has 0 heterocycles. The van der Waals surface area contributed by atoms with Gasteiger partial charge in [0.05, 0.1) is 16.2 Å². The molecule has 0 spiro atoms. The average molecular weight is 350 g/mol. The third-order valence-electron chi connectivity index (χ3n) is 3.01. The van der Waals surface area contributed by atoms with Gasteiger partial charge >= 0.3 is 5.97 Å². The summed E-state index contributed by atoms with van der Waals surface area (Å²) < 4.78 is 30.5. The lowest BCUT2D eigenvalue weighted by Crippen LogP contribution is -2.15. The van der Waals surface area contributed by atoms with Crippen LogP contribution in [0.5, 0.6) is 5.75 Å². The molecular formula is C15H14N2O6S. The lowest BCUT2D eigenvalue weighted by atomic mass is 10.2. The summed E-state index contributed by atoms with van der Waals surface area (Å²) in [6.45, 7) is 1.50. The first-order valence-electron chi connectivity index (χ1n) is 6.88. The maximum Gasteiger partial charge on any atom is 0.343 e. The Morgan fingerprint density at radius 2 is 1.88 bits per heavy atom. The first-order chi connectivity index (χ1) is 11.3. The summed E-state index contributed by atoms with van der Waals surface area (Å²) >= 11 is 0. The second-order valence-corrected chi connectivity index (χ2v) is 6.74. The zero-order valence-corrected chi connectivity index (χ0v) is 13.4. The van der Waals surface area contributed by atoms with Crippen molar-refractivity contribution in [1.82, 2.24) is 0 Å². The van der Waals surface area contributed by atoms with Gasteiger partial charge in [-0.1, -0.05) is 6.07 Å². The van der Waals surface area contributed by atoms with E-state index < -0.39 is 20.9 Å². The Hall–Kier alpha value is -2.94. The van der Waals surface area contributed by atoms with E-state index in [4.69, 9.17) is 4.74 Å². The number of nitro benzene ring substituents is 1. The molecule has 2 aromatic carbocycles. The second-order valence-electron chi connectivity index (χ2n) is 4.73. The summed E-state index contributed by atoms with van der Waals surface area (Å²) in [5.41, 5.74) is 0.269. The van der Waals surface area contributed by atoms with Gasteiger partial charge in [0.25, 0.3) is 5.69 Å². The molecule has 0 atom stereocenters. The number of ether oxygens (including phenoxy) is 1. The van der Waals surface area contributed by atoms with Crippen molar-refractivity contribution in [3.8, 4) is 5.75 Å². The third kappa shape index (κ3) is 4.53.